The first kappa shape index (κ1) is 110. The minimum Gasteiger partial charge on any atom is -0.465 e. The lowest BCUT2D eigenvalue weighted by Gasteiger charge is -2.29. The van der Waals surface area contributed by atoms with Crippen molar-refractivity contribution in [3.8, 4) is 12.3 Å². The van der Waals surface area contributed by atoms with E-state index in [-0.39, 0.29) is 156 Å². The van der Waals surface area contributed by atoms with Gasteiger partial charge in [-0.3, -0.25) is 33.6 Å². The zero-order valence-electron chi connectivity index (χ0n) is 73.5. The first-order valence-electron chi connectivity index (χ1n) is 39.1. The summed E-state index contributed by atoms with van der Waals surface area (Å²) in [5.74, 6) is 0.489. The average Bonchev–Trinajstić information content (AvgIpc) is 0.861. The molecule has 9 rings (SSSR count). The molecule has 710 valence electrons. The fourth-order valence-electron chi connectivity index (χ4n) is 9.13. The number of hydrogen-bond donors (Lipinski definition) is 2. The van der Waals surface area contributed by atoms with Gasteiger partial charge in [-0.15, -0.1) is 6.42 Å². The van der Waals surface area contributed by atoms with Crippen molar-refractivity contribution in [3.63, 3.8) is 0 Å². The van der Waals surface area contributed by atoms with E-state index in [0.717, 1.165) is 28.3 Å². The van der Waals surface area contributed by atoms with Crippen LogP contribution in [0.3, 0.4) is 0 Å². The van der Waals surface area contributed by atoms with Crippen molar-refractivity contribution < 1.29 is 191 Å². The number of methoxy groups -OCH3 is 1. The molecule has 7 fully saturated rings. The van der Waals surface area contributed by atoms with Gasteiger partial charge in [-0.2, -0.15) is 11.8 Å². The van der Waals surface area contributed by atoms with Crippen molar-refractivity contribution in [1.82, 2.24) is 10.3 Å². The van der Waals surface area contributed by atoms with Crippen LogP contribution >= 0.6 is 33.3 Å². The van der Waals surface area contributed by atoms with Crippen LogP contribution in [-0.4, -0.2) is 289 Å². The first-order chi connectivity index (χ1) is 59.7. The molecule has 0 atom stereocenters. The molecule has 1 aromatic carbocycles. The highest BCUT2D eigenvalue weighted by molar-refractivity contribution is 8.76. The number of aromatic nitrogens is 1. The monoisotopic (exact) mass is 1860 g/mol. The van der Waals surface area contributed by atoms with Gasteiger partial charge in [-0.25, -0.2) is 43.3 Å². The highest BCUT2D eigenvalue weighted by atomic mass is 33.1. The molecule has 0 radical (unpaired) electrons. The minimum atomic E-state index is -1.03. The zero-order valence-corrected chi connectivity index (χ0v) is 76.0. The van der Waals surface area contributed by atoms with Crippen molar-refractivity contribution in [2.24, 2.45) is 37.9 Å². The third-order valence-corrected chi connectivity index (χ3v) is 20.5. The molecule has 0 spiro atoms. The molecule has 0 aliphatic carbocycles. The van der Waals surface area contributed by atoms with Crippen LogP contribution in [-0.2, 0) is 160 Å². The molecule has 45 heteroatoms. The number of benzene rings is 1. The molecule has 42 nitrogen and oxygen atoms in total. The second-order valence-electron chi connectivity index (χ2n) is 31.9. The van der Waals surface area contributed by atoms with Gasteiger partial charge in [-0.1, -0.05) is 80.5 Å². The fraction of sp³-hybridized carbons (Fsp3) is 0.634. The summed E-state index contributed by atoms with van der Waals surface area (Å²) < 4.78 is 116. The Labute approximate surface area is 746 Å². The second-order valence-corrected chi connectivity index (χ2v) is 36.3. The Morgan fingerprint density at radius 1 is 0.465 bits per heavy atom. The van der Waals surface area contributed by atoms with Crippen LogP contribution in [0.25, 0.3) is 0 Å². The number of alkyl carbamates (subject to hydrolysis) is 1. The minimum absolute atomic E-state index is 0.0121. The van der Waals surface area contributed by atoms with Gasteiger partial charge in [0.1, 0.15) is 174 Å². The van der Waals surface area contributed by atoms with Gasteiger partial charge in [0, 0.05) is 23.8 Å². The number of terminal acetylenes is 1. The largest absolute Gasteiger partial charge is 0.508 e. The van der Waals surface area contributed by atoms with Gasteiger partial charge in [0.05, 0.1) is 39.6 Å². The molecule has 7 saturated heterocycles. The Morgan fingerprint density at radius 2 is 0.811 bits per heavy atom. The lowest BCUT2D eigenvalue weighted by Crippen LogP contribution is -2.44. The number of esters is 7. The Kier molecular flexibility index (Phi) is 47.7. The van der Waals surface area contributed by atoms with E-state index in [1.807, 2.05) is 30.0 Å². The summed E-state index contributed by atoms with van der Waals surface area (Å²) in [5.41, 5.74) is -5.59. The quantitative estimate of drug-likeness (QED) is 0.0177. The smallest absolute Gasteiger partial charge is 0.465 e. The lowest BCUT2D eigenvalue weighted by atomic mass is 9.92. The SMILES string of the molecule is C#CCOC(=O)C1(C)COC(=O)OC1.C=CCOC(=O)C1(C)COC(=O)OC1.CC(C)(C)OC(=O)NCCOC(=O)C1(C)COC(=O)OC1.CC(C)(C)SCCCOC(=O)C1(C)COC(=O)OC1.CC1(C(=O)OCCSSc2ccccn2)COC(=O)OC1.CC1(C(=O)OCc2ccc(CO)cc2)COC(=O)OC1.COCCOCCOC(=O)C1(C)COC(=O)OC1. The van der Waals surface area contributed by atoms with Crippen LogP contribution in [0.2, 0.25) is 0 Å². The molecule has 8 heterocycles. The number of aliphatic hydroxyl groups excluding tert-OH is 1. The van der Waals surface area contributed by atoms with Gasteiger partial charge in [0.2, 0.25) is 0 Å². The summed E-state index contributed by atoms with van der Waals surface area (Å²) in [7, 11) is 4.66. The van der Waals surface area contributed by atoms with Crippen molar-refractivity contribution in [1.29, 1.82) is 0 Å². The fourth-order valence-corrected chi connectivity index (χ4v) is 11.7. The molecule has 0 bridgehead atoms. The maximum atomic E-state index is 12.0. The van der Waals surface area contributed by atoms with Gasteiger partial charge in [-0.05, 0) is 115 Å². The molecule has 1 aromatic heterocycles. The van der Waals surface area contributed by atoms with Crippen molar-refractivity contribution in [2.75, 3.05) is 177 Å². The van der Waals surface area contributed by atoms with E-state index in [4.69, 9.17) is 87.3 Å². The van der Waals surface area contributed by atoms with Crippen molar-refractivity contribution >= 4 is 124 Å². The number of hydrogen-bond acceptors (Lipinski definition) is 44. The second kappa shape index (κ2) is 54.9. The Balaban J connectivity index is 0.000000384. The predicted octanol–water partition coefficient (Wildman–Crippen LogP) is 9.38. The molecular formula is C82H114N2O40S3. The predicted molar refractivity (Wildman–Crippen MR) is 441 cm³/mol. The number of rotatable bonds is 31. The highest BCUT2D eigenvalue weighted by Gasteiger charge is 2.48. The lowest BCUT2D eigenvalue weighted by molar-refractivity contribution is -0.168. The molecule has 2 N–H and O–H groups in total. The van der Waals surface area contributed by atoms with Crippen LogP contribution in [0.15, 0.2) is 66.3 Å². The topological polar surface area (TPSA) is 523 Å². The van der Waals surface area contributed by atoms with E-state index >= 15 is 0 Å². The average molecular weight is 1860 g/mol. The number of nitrogens with one attached hydrogen (secondary N) is 1. The third kappa shape index (κ3) is 42.9. The molecule has 2 aromatic rings. The van der Waals surface area contributed by atoms with Crippen LogP contribution < -0.4 is 5.32 Å². The molecule has 7 aliphatic heterocycles. The van der Waals surface area contributed by atoms with E-state index in [2.05, 4.69) is 81.5 Å². The molecule has 0 saturated carbocycles. The number of nitrogens with zero attached hydrogens (tertiary/aromatic N) is 1. The zero-order chi connectivity index (χ0) is 95.0. The van der Waals surface area contributed by atoms with Gasteiger partial charge < -0.3 is 124 Å². The summed E-state index contributed by atoms with van der Waals surface area (Å²) in [4.78, 5) is 173. The number of ether oxygens (including phenoxy) is 24. The molecule has 0 unspecified atom stereocenters. The van der Waals surface area contributed by atoms with Gasteiger partial charge in [0.25, 0.3) is 0 Å². The van der Waals surface area contributed by atoms with Gasteiger partial charge in [0.15, 0.2) is 6.61 Å². The standard InChI is InChI=1S/C14H16O6.C13H21NO7.C13H15NO5S2.C13H22O5S.C11H18O7.C9H12O5.C9H10O5/c1-14(8-19-13(17)20-9-14)12(16)18-7-11-4-2-10(6-15)3-5-11;1-12(2,3)21-10(16)14-5-6-18-9(15)13(4)7-19-11(17)20-8-13;1-13(8-18-12(16)19-9-13)11(15)17-6-7-20-21-10-4-2-3-5-14-10;1-12(2,3)19-7-5-6-16-10(14)13(4)8-17-11(15)18-9-13;1-11(7-17-10(13)18-8-11)9(12)16-6-5-15-4-3-14-2;2*1-3-4-12-7(10)9(2)5-13-8(11)14-6-9/h2-5,15H,6-9H2,1H3;5-8H2,1-4H3,(H,14,16);2-5H,6-9H2,1H3;5-9H2,1-4H3;3-8H2,1-2H3;3H,1,4-6H2,2H3;1H,4-6H2,2H3. The van der Waals surface area contributed by atoms with Crippen LogP contribution in [0.4, 0.5) is 38.4 Å². The summed E-state index contributed by atoms with van der Waals surface area (Å²) in [6.45, 7) is 28.3. The molecule has 7 aliphatic rings. The maximum Gasteiger partial charge on any atom is 0.508 e. The number of cyclic esters (lactones) is 14. The van der Waals surface area contributed by atoms with E-state index < -0.39 is 129 Å². The van der Waals surface area contributed by atoms with E-state index in [1.165, 1.54) is 16.9 Å². The Morgan fingerprint density at radius 3 is 1.16 bits per heavy atom. The number of carbonyl (C=O) groups excluding carboxylic acids is 15. The maximum absolute atomic E-state index is 12.0. The van der Waals surface area contributed by atoms with Crippen molar-refractivity contribution in [3.05, 3.63) is 72.4 Å². The van der Waals surface area contributed by atoms with E-state index in [9.17, 15) is 71.9 Å². The van der Waals surface area contributed by atoms with Gasteiger partial charge >= 0.3 is 91.0 Å². The van der Waals surface area contributed by atoms with E-state index in [1.54, 1.807) is 118 Å². The summed E-state index contributed by atoms with van der Waals surface area (Å²) in [6.07, 6.45) is 3.03. The Hall–Kier alpha value is -11.0. The van der Waals surface area contributed by atoms with E-state index in [0.29, 0.717) is 32.2 Å². The number of amides is 1. The molecule has 127 heavy (non-hydrogen) atoms. The third-order valence-electron chi connectivity index (χ3n) is 16.9. The Bertz CT molecular complexity index is 3900. The molecular weight excluding hydrogens is 1750 g/mol. The number of pyridine rings is 1. The van der Waals surface area contributed by atoms with Crippen LogP contribution in [0.1, 0.15) is 108 Å². The number of thioether (sulfide) groups is 1. The van der Waals surface area contributed by atoms with Crippen molar-refractivity contribution in [2.45, 2.75) is 125 Å². The first-order valence-corrected chi connectivity index (χ1v) is 42.4. The number of carbonyl (C=O) groups is 15. The number of aliphatic hydroxyl groups is 1. The molecule has 1 amide bonds. The summed E-state index contributed by atoms with van der Waals surface area (Å²) in [6, 6.07) is 12.8. The highest BCUT2D eigenvalue weighted by Crippen LogP contribution is 2.33. The van der Waals surface area contributed by atoms with Crippen LogP contribution in [0.5, 0.6) is 0 Å². The van der Waals surface area contributed by atoms with Crippen LogP contribution in [0, 0.1) is 50.2 Å². The normalized spacial score (nSPS) is 17.7. The summed E-state index contributed by atoms with van der Waals surface area (Å²) in [5, 5.41) is 12.3. The summed E-state index contributed by atoms with van der Waals surface area (Å²) >= 11 is 1.83.